The zero-order valence-electron chi connectivity index (χ0n) is 11.4. The molecule has 0 saturated heterocycles. The standard InChI is InChI=1S/C13H17ClN2O4/c1-19-9-4-5-11(20-2)10(8-9)16-13(18)12(17)15-7-3-6-14/h4-5,8H,3,6-7H2,1-2H3,(H,15,17)(H,16,18). The molecule has 0 aromatic heterocycles. The molecule has 0 unspecified atom stereocenters. The van der Waals surface area contributed by atoms with E-state index in [4.69, 9.17) is 21.1 Å². The largest absolute Gasteiger partial charge is 0.497 e. The fourth-order valence-corrected chi connectivity index (χ4v) is 1.57. The molecule has 1 aromatic rings. The molecule has 0 bridgehead atoms. The number of halogens is 1. The van der Waals surface area contributed by atoms with Crippen LogP contribution in [0.2, 0.25) is 0 Å². The lowest BCUT2D eigenvalue weighted by Crippen LogP contribution is -2.36. The summed E-state index contributed by atoms with van der Waals surface area (Å²) in [5.74, 6) is -0.0894. The third-order valence-electron chi connectivity index (χ3n) is 2.46. The zero-order chi connectivity index (χ0) is 15.0. The van der Waals surface area contributed by atoms with Crippen molar-refractivity contribution in [3.8, 4) is 11.5 Å². The van der Waals surface area contributed by atoms with Crippen LogP contribution in [0.3, 0.4) is 0 Å². The summed E-state index contributed by atoms with van der Waals surface area (Å²) in [6.45, 7) is 0.352. The van der Waals surface area contributed by atoms with Gasteiger partial charge in [-0.2, -0.15) is 0 Å². The van der Waals surface area contributed by atoms with Gasteiger partial charge in [-0.1, -0.05) is 0 Å². The number of alkyl halides is 1. The van der Waals surface area contributed by atoms with Crippen LogP contribution in [0.5, 0.6) is 11.5 Å². The van der Waals surface area contributed by atoms with Gasteiger partial charge in [0.15, 0.2) is 0 Å². The monoisotopic (exact) mass is 300 g/mol. The van der Waals surface area contributed by atoms with Crippen molar-refractivity contribution in [2.75, 3.05) is 32.0 Å². The van der Waals surface area contributed by atoms with Crippen LogP contribution in [-0.4, -0.2) is 38.5 Å². The Morgan fingerprint density at radius 2 is 1.95 bits per heavy atom. The minimum absolute atomic E-state index is 0.352. The highest BCUT2D eigenvalue weighted by atomic mass is 35.5. The molecule has 0 aliphatic carbocycles. The van der Waals surface area contributed by atoms with Crippen LogP contribution in [0.15, 0.2) is 18.2 Å². The van der Waals surface area contributed by atoms with Crippen molar-refractivity contribution in [1.82, 2.24) is 5.32 Å². The number of carbonyl (C=O) groups is 2. The van der Waals surface area contributed by atoms with E-state index in [-0.39, 0.29) is 0 Å². The van der Waals surface area contributed by atoms with Gasteiger partial charge in [0, 0.05) is 18.5 Å². The minimum atomic E-state index is -0.772. The van der Waals surface area contributed by atoms with E-state index in [9.17, 15) is 9.59 Å². The first kappa shape index (κ1) is 16.1. The minimum Gasteiger partial charge on any atom is -0.497 e. The van der Waals surface area contributed by atoms with Gasteiger partial charge >= 0.3 is 11.8 Å². The molecule has 6 nitrogen and oxygen atoms in total. The lowest BCUT2D eigenvalue weighted by atomic mass is 10.2. The summed E-state index contributed by atoms with van der Waals surface area (Å²) in [6.07, 6.45) is 0.600. The molecule has 0 spiro atoms. The van der Waals surface area contributed by atoms with Gasteiger partial charge in [0.25, 0.3) is 0 Å². The molecule has 0 aliphatic rings. The van der Waals surface area contributed by atoms with Gasteiger partial charge in [-0.05, 0) is 18.6 Å². The van der Waals surface area contributed by atoms with Crippen LogP contribution in [0, 0.1) is 0 Å². The molecular formula is C13H17ClN2O4. The summed E-state index contributed by atoms with van der Waals surface area (Å²) < 4.78 is 10.2. The van der Waals surface area contributed by atoms with Gasteiger partial charge in [-0.15, -0.1) is 11.6 Å². The molecule has 2 amide bonds. The van der Waals surface area contributed by atoms with E-state index in [0.29, 0.717) is 36.0 Å². The Labute approximate surface area is 122 Å². The molecule has 0 atom stereocenters. The average molecular weight is 301 g/mol. The van der Waals surface area contributed by atoms with E-state index in [0.717, 1.165) is 0 Å². The first-order valence-electron chi connectivity index (χ1n) is 5.99. The van der Waals surface area contributed by atoms with Gasteiger partial charge in [0.1, 0.15) is 11.5 Å². The maximum Gasteiger partial charge on any atom is 0.313 e. The summed E-state index contributed by atoms with van der Waals surface area (Å²) in [5, 5.41) is 4.94. The third-order valence-corrected chi connectivity index (χ3v) is 2.72. The highest BCUT2D eigenvalue weighted by Crippen LogP contribution is 2.28. The summed E-state index contributed by atoms with van der Waals surface area (Å²) in [7, 11) is 2.98. The van der Waals surface area contributed by atoms with Crippen molar-refractivity contribution in [1.29, 1.82) is 0 Å². The molecule has 1 rings (SSSR count). The van der Waals surface area contributed by atoms with Crippen LogP contribution in [0.4, 0.5) is 5.69 Å². The summed E-state index contributed by atoms with van der Waals surface area (Å²) >= 11 is 5.49. The Balaban J connectivity index is 2.71. The van der Waals surface area contributed by atoms with Gasteiger partial charge in [0.05, 0.1) is 19.9 Å². The normalized spacial score (nSPS) is 9.75. The van der Waals surface area contributed by atoms with Crippen LogP contribution in [-0.2, 0) is 9.59 Å². The molecule has 7 heteroatoms. The number of carbonyl (C=O) groups excluding carboxylic acids is 2. The van der Waals surface area contributed by atoms with E-state index < -0.39 is 11.8 Å². The molecule has 0 fully saturated rings. The van der Waals surface area contributed by atoms with E-state index in [1.54, 1.807) is 18.2 Å². The van der Waals surface area contributed by atoms with Crippen molar-refractivity contribution in [2.24, 2.45) is 0 Å². The molecule has 0 radical (unpaired) electrons. The van der Waals surface area contributed by atoms with Crippen molar-refractivity contribution in [3.63, 3.8) is 0 Å². The molecule has 110 valence electrons. The second-order valence-corrected chi connectivity index (χ2v) is 4.20. The third kappa shape index (κ3) is 4.62. The van der Waals surface area contributed by atoms with E-state index in [1.807, 2.05) is 0 Å². The molecule has 0 saturated carbocycles. The van der Waals surface area contributed by atoms with Crippen molar-refractivity contribution >= 4 is 29.1 Å². The number of rotatable bonds is 6. The van der Waals surface area contributed by atoms with E-state index in [2.05, 4.69) is 10.6 Å². The van der Waals surface area contributed by atoms with Crippen LogP contribution in [0.1, 0.15) is 6.42 Å². The average Bonchev–Trinajstić information content (AvgIpc) is 2.47. The summed E-state index contributed by atoms with van der Waals surface area (Å²) in [5.41, 5.74) is 0.365. The summed E-state index contributed by atoms with van der Waals surface area (Å²) in [6, 6.07) is 4.90. The lowest BCUT2D eigenvalue weighted by molar-refractivity contribution is -0.136. The van der Waals surface area contributed by atoms with Gasteiger partial charge in [0.2, 0.25) is 0 Å². The van der Waals surface area contributed by atoms with Gasteiger partial charge in [-0.25, -0.2) is 0 Å². The Hall–Kier alpha value is -1.95. The second-order valence-electron chi connectivity index (χ2n) is 3.82. The molecule has 1 aromatic carbocycles. The maximum absolute atomic E-state index is 11.7. The number of anilines is 1. The number of methoxy groups -OCH3 is 2. The molecule has 0 heterocycles. The fourth-order valence-electron chi connectivity index (χ4n) is 1.44. The number of benzene rings is 1. The van der Waals surface area contributed by atoms with Gasteiger partial charge in [-0.3, -0.25) is 9.59 Å². The van der Waals surface area contributed by atoms with Crippen LogP contribution >= 0.6 is 11.6 Å². The molecule has 0 aliphatic heterocycles. The van der Waals surface area contributed by atoms with Crippen molar-refractivity contribution in [3.05, 3.63) is 18.2 Å². The molecule has 20 heavy (non-hydrogen) atoms. The SMILES string of the molecule is COc1ccc(OC)c(NC(=O)C(=O)NCCCCl)c1. The topological polar surface area (TPSA) is 76.7 Å². The van der Waals surface area contributed by atoms with E-state index >= 15 is 0 Å². The first-order chi connectivity index (χ1) is 9.62. The number of nitrogens with one attached hydrogen (secondary N) is 2. The first-order valence-corrected chi connectivity index (χ1v) is 6.53. The highest BCUT2D eigenvalue weighted by Gasteiger charge is 2.15. The summed E-state index contributed by atoms with van der Waals surface area (Å²) in [4.78, 5) is 23.3. The zero-order valence-corrected chi connectivity index (χ0v) is 12.1. The van der Waals surface area contributed by atoms with Crippen molar-refractivity contribution in [2.45, 2.75) is 6.42 Å². The van der Waals surface area contributed by atoms with Crippen molar-refractivity contribution < 1.29 is 19.1 Å². The van der Waals surface area contributed by atoms with Gasteiger partial charge < -0.3 is 20.1 Å². The smallest absolute Gasteiger partial charge is 0.313 e. The number of amides is 2. The van der Waals surface area contributed by atoms with Crippen LogP contribution in [0.25, 0.3) is 0 Å². The highest BCUT2D eigenvalue weighted by molar-refractivity contribution is 6.39. The number of ether oxygens (including phenoxy) is 2. The quantitative estimate of drug-likeness (QED) is 0.473. The number of hydrogen-bond donors (Lipinski definition) is 2. The Morgan fingerprint density at radius 3 is 2.55 bits per heavy atom. The lowest BCUT2D eigenvalue weighted by Gasteiger charge is -2.11. The van der Waals surface area contributed by atoms with E-state index in [1.165, 1.54) is 14.2 Å². The van der Waals surface area contributed by atoms with Crippen LogP contribution < -0.4 is 20.1 Å². The fraction of sp³-hybridized carbons (Fsp3) is 0.385. The Kier molecular flexibility index (Phi) is 6.66. The predicted octanol–water partition coefficient (Wildman–Crippen LogP) is 1.39. The Morgan fingerprint density at radius 1 is 1.20 bits per heavy atom. The molecular weight excluding hydrogens is 284 g/mol. The number of hydrogen-bond acceptors (Lipinski definition) is 4. The molecule has 2 N–H and O–H groups in total. The Bertz CT molecular complexity index is 479. The maximum atomic E-state index is 11.7. The second kappa shape index (κ2) is 8.27. The predicted molar refractivity (Wildman–Crippen MR) is 76.5 cm³/mol.